The van der Waals surface area contributed by atoms with Crippen LogP contribution in [0.1, 0.15) is 31.7 Å². The van der Waals surface area contributed by atoms with E-state index in [0.29, 0.717) is 31.0 Å². The van der Waals surface area contributed by atoms with E-state index >= 15 is 0 Å². The van der Waals surface area contributed by atoms with Crippen LogP contribution in [0.5, 0.6) is 0 Å². The summed E-state index contributed by atoms with van der Waals surface area (Å²) < 4.78 is 7.15. The summed E-state index contributed by atoms with van der Waals surface area (Å²) in [7, 11) is 0. The summed E-state index contributed by atoms with van der Waals surface area (Å²) in [6, 6.07) is 0. The smallest absolute Gasteiger partial charge is 0.312 e. The van der Waals surface area contributed by atoms with Gasteiger partial charge in [-0.05, 0) is 27.7 Å². The second-order valence-corrected chi connectivity index (χ2v) is 5.81. The summed E-state index contributed by atoms with van der Waals surface area (Å²) in [5.41, 5.74) is 0.892. The standard InChI is InChI=1S/C14H22N4O4/c1-9-7-16(8-10(2)22-9)13(19)5-6-17-12(4)14(18(20)21)11(3)15-17/h9-10H,5-8H2,1-4H3/t9-,10-/m0/s1. The van der Waals surface area contributed by atoms with Crippen LogP contribution in [0.3, 0.4) is 0 Å². The van der Waals surface area contributed by atoms with Crippen LogP contribution in [0.25, 0.3) is 0 Å². The summed E-state index contributed by atoms with van der Waals surface area (Å²) in [6.45, 7) is 8.66. The molecule has 0 unspecified atom stereocenters. The van der Waals surface area contributed by atoms with Crippen LogP contribution in [-0.4, -0.2) is 50.8 Å². The molecule has 22 heavy (non-hydrogen) atoms. The summed E-state index contributed by atoms with van der Waals surface area (Å²) in [6.07, 6.45) is 0.336. The molecule has 2 heterocycles. The molecule has 1 amide bonds. The van der Waals surface area contributed by atoms with E-state index in [9.17, 15) is 14.9 Å². The lowest BCUT2D eigenvalue weighted by Gasteiger charge is -2.35. The van der Waals surface area contributed by atoms with Gasteiger partial charge >= 0.3 is 5.69 Å². The van der Waals surface area contributed by atoms with Gasteiger partial charge in [0, 0.05) is 19.5 Å². The summed E-state index contributed by atoms with van der Waals surface area (Å²) in [5.74, 6) is 0.0252. The highest BCUT2D eigenvalue weighted by Gasteiger charge is 2.26. The predicted octanol–water partition coefficient (Wildman–Crippen LogP) is 1.43. The molecule has 1 saturated heterocycles. The van der Waals surface area contributed by atoms with E-state index in [1.54, 1.807) is 23.4 Å². The maximum Gasteiger partial charge on any atom is 0.312 e. The molecule has 0 aromatic carbocycles. The van der Waals surface area contributed by atoms with E-state index in [2.05, 4.69) is 5.10 Å². The van der Waals surface area contributed by atoms with Crippen molar-refractivity contribution in [2.45, 2.75) is 52.9 Å². The molecule has 2 rings (SSSR count). The fourth-order valence-electron chi connectivity index (χ4n) is 2.91. The van der Waals surface area contributed by atoms with Gasteiger partial charge in [0.2, 0.25) is 5.91 Å². The second kappa shape index (κ2) is 6.43. The molecule has 1 aliphatic rings. The van der Waals surface area contributed by atoms with Gasteiger partial charge in [-0.1, -0.05) is 0 Å². The molecule has 122 valence electrons. The minimum Gasteiger partial charge on any atom is -0.372 e. The Hall–Kier alpha value is -1.96. The van der Waals surface area contributed by atoms with Crippen LogP contribution in [0, 0.1) is 24.0 Å². The predicted molar refractivity (Wildman–Crippen MR) is 79.6 cm³/mol. The van der Waals surface area contributed by atoms with Crippen LogP contribution in [0.2, 0.25) is 0 Å². The lowest BCUT2D eigenvalue weighted by molar-refractivity contribution is -0.386. The third-order valence-electron chi connectivity index (χ3n) is 3.84. The summed E-state index contributed by atoms with van der Waals surface area (Å²) >= 11 is 0. The fraction of sp³-hybridized carbons (Fsp3) is 0.714. The number of aromatic nitrogens is 2. The quantitative estimate of drug-likeness (QED) is 0.620. The molecule has 8 nitrogen and oxygen atoms in total. The third-order valence-corrected chi connectivity index (χ3v) is 3.84. The molecule has 1 fully saturated rings. The summed E-state index contributed by atoms with van der Waals surface area (Å²) in [5, 5.41) is 15.1. The number of carbonyl (C=O) groups excluding carboxylic acids is 1. The van der Waals surface area contributed by atoms with E-state index in [-0.39, 0.29) is 30.2 Å². The van der Waals surface area contributed by atoms with Crippen LogP contribution in [0.4, 0.5) is 5.69 Å². The molecule has 1 aliphatic heterocycles. The average Bonchev–Trinajstić information content (AvgIpc) is 2.69. The van der Waals surface area contributed by atoms with Gasteiger partial charge in [-0.25, -0.2) is 0 Å². The third kappa shape index (κ3) is 3.44. The SMILES string of the molecule is Cc1nn(CCC(=O)N2C[C@H](C)O[C@@H](C)C2)c(C)c1[N+](=O)[O-]. The number of aryl methyl sites for hydroxylation is 2. The fourth-order valence-corrected chi connectivity index (χ4v) is 2.91. The monoisotopic (exact) mass is 310 g/mol. The zero-order valence-electron chi connectivity index (χ0n) is 13.4. The Balaban J connectivity index is 2.00. The van der Waals surface area contributed by atoms with Gasteiger partial charge in [0.25, 0.3) is 0 Å². The molecule has 0 aliphatic carbocycles. The Morgan fingerprint density at radius 2 is 1.95 bits per heavy atom. The minimum atomic E-state index is -0.429. The van der Waals surface area contributed by atoms with Gasteiger partial charge in [0.15, 0.2) is 0 Å². The van der Waals surface area contributed by atoms with E-state index in [0.717, 1.165) is 0 Å². The molecule has 0 radical (unpaired) electrons. The molecule has 1 aromatic rings. The number of nitro groups is 1. The lowest BCUT2D eigenvalue weighted by Crippen LogP contribution is -2.48. The van der Waals surface area contributed by atoms with Crippen molar-refractivity contribution < 1.29 is 14.5 Å². The summed E-state index contributed by atoms with van der Waals surface area (Å²) in [4.78, 5) is 24.6. The number of rotatable bonds is 4. The zero-order valence-corrected chi connectivity index (χ0v) is 13.4. The highest BCUT2D eigenvalue weighted by Crippen LogP contribution is 2.22. The Labute approximate surface area is 129 Å². The number of nitrogens with zero attached hydrogens (tertiary/aromatic N) is 4. The Morgan fingerprint density at radius 3 is 2.45 bits per heavy atom. The zero-order chi connectivity index (χ0) is 16.4. The van der Waals surface area contributed by atoms with E-state index in [4.69, 9.17) is 4.74 Å². The lowest BCUT2D eigenvalue weighted by atomic mass is 10.2. The topological polar surface area (TPSA) is 90.5 Å². The number of morpholine rings is 1. The average molecular weight is 310 g/mol. The largest absolute Gasteiger partial charge is 0.372 e. The van der Waals surface area contributed by atoms with Gasteiger partial charge in [-0.3, -0.25) is 19.6 Å². The molecule has 0 N–H and O–H groups in total. The number of ether oxygens (including phenoxy) is 1. The molecule has 2 atom stereocenters. The van der Waals surface area contributed by atoms with Crippen molar-refractivity contribution >= 4 is 11.6 Å². The number of hydrogen-bond donors (Lipinski definition) is 0. The van der Waals surface area contributed by atoms with Crippen molar-refractivity contribution in [1.29, 1.82) is 0 Å². The minimum absolute atomic E-state index is 0.0252. The van der Waals surface area contributed by atoms with Gasteiger partial charge in [-0.2, -0.15) is 5.10 Å². The van der Waals surface area contributed by atoms with Gasteiger partial charge < -0.3 is 9.64 Å². The first-order valence-corrected chi connectivity index (χ1v) is 7.41. The maximum atomic E-state index is 12.3. The van der Waals surface area contributed by atoms with Gasteiger partial charge in [-0.15, -0.1) is 0 Å². The molecule has 8 heteroatoms. The Morgan fingerprint density at radius 1 is 1.36 bits per heavy atom. The van der Waals surface area contributed by atoms with E-state index in [1.807, 2.05) is 13.8 Å². The number of carbonyl (C=O) groups is 1. The molecular formula is C14H22N4O4. The van der Waals surface area contributed by atoms with Crippen molar-refractivity contribution in [3.05, 3.63) is 21.5 Å². The first-order chi connectivity index (χ1) is 10.3. The second-order valence-electron chi connectivity index (χ2n) is 5.81. The van der Waals surface area contributed by atoms with Gasteiger partial charge in [0.05, 0.1) is 23.7 Å². The van der Waals surface area contributed by atoms with Gasteiger partial charge in [0.1, 0.15) is 11.4 Å². The van der Waals surface area contributed by atoms with Crippen molar-refractivity contribution in [2.24, 2.45) is 0 Å². The van der Waals surface area contributed by atoms with E-state index in [1.165, 1.54) is 0 Å². The maximum absolute atomic E-state index is 12.3. The van der Waals surface area contributed by atoms with Crippen LogP contribution >= 0.6 is 0 Å². The molecule has 0 spiro atoms. The molecule has 0 saturated carbocycles. The van der Waals surface area contributed by atoms with Crippen LogP contribution < -0.4 is 0 Å². The van der Waals surface area contributed by atoms with E-state index < -0.39 is 4.92 Å². The highest BCUT2D eigenvalue weighted by molar-refractivity contribution is 5.76. The van der Waals surface area contributed by atoms with Crippen molar-refractivity contribution in [1.82, 2.24) is 14.7 Å². The first kappa shape index (κ1) is 16.4. The highest BCUT2D eigenvalue weighted by atomic mass is 16.6. The molecule has 0 bridgehead atoms. The normalized spacial score (nSPS) is 21.9. The number of amides is 1. The number of hydrogen-bond acceptors (Lipinski definition) is 5. The molecule has 1 aromatic heterocycles. The van der Waals surface area contributed by atoms with Crippen LogP contribution in [-0.2, 0) is 16.1 Å². The van der Waals surface area contributed by atoms with Crippen LogP contribution in [0.15, 0.2) is 0 Å². The first-order valence-electron chi connectivity index (χ1n) is 7.41. The van der Waals surface area contributed by atoms with Crippen molar-refractivity contribution in [3.8, 4) is 0 Å². The van der Waals surface area contributed by atoms with Crippen molar-refractivity contribution in [2.75, 3.05) is 13.1 Å². The Bertz CT molecular complexity index is 574. The van der Waals surface area contributed by atoms with Crippen molar-refractivity contribution in [3.63, 3.8) is 0 Å². The Kier molecular flexibility index (Phi) is 4.80. The molecular weight excluding hydrogens is 288 g/mol.